The first-order chi connectivity index (χ1) is 10.4. The van der Waals surface area contributed by atoms with Crippen LogP contribution in [0.5, 0.6) is 0 Å². The summed E-state index contributed by atoms with van der Waals surface area (Å²) >= 11 is 0. The second-order valence-corrected chi connectivity index (χ2v) is 3.62. The van der Waals surface area contributed by atoms with Gasteiger partial charge in [-0.05, 0) is 13.0 Å². The first-order valence-electron chi connectivity index (χ1n) is 5.74. The number of esters is 1. The van der Waals surface area contributed by atoms with E-state index in [0.717, 1.165) is 18.2 Å². The van der Waals surface area contributed by atoms with Gasteiger partial charge in [-0.1, -0.05) is 0 Å². The number of benzene rings is 1. The van der Waals surface area contributed by atoms with Crippen molar-refractivity contribution in [2.75, 3.05) is 12.0 Å². The molecule has 1 aromatic carbocycles. The highest BCUT2D eigenvalue weighted by atomic mass is 16.6. The maximum absolute atomic E-state index is 11.3. The molecule has 1 aromatic rings. The van der Waals surface area contributed by atoms with Gasteiger partial charge in [-0.2, -0.15) is 10.4 Å². The van der Waals surface area contributed by atoms with Crippen LogP contribution in [-0.2, 0) is 9.53 Å². The monoisotopic (exact) mass is 307 g/mol. The molecule has 0 amide bonds. The van der Waals surface area contributed by atoms with E-state index >= 15 is 0 Å². The lowest BCUT2D eigenvalue weighted by Gasteiger charge is -2.03. The van der Waals surface area contributed by atoms with Crippen molar-refractivity contribution in [3.8, 4) is 6.07 Å². The topological polar surface area (TPSA) is 161 Å². The van der Waals surface area contributed by atoms with E-state index in [0.29, 0.717) is 0 Å². The molecule has 0 saturated heterocycles. The van der Waals surface area contributed by atoms with Crippen molar-refractivity contribution in [1.82, 2.24) is 0 Å². The number of nitro benzene ring substituents is 2. The number of hydrogen-bond acceptors (Lipinski definition) is 9. The molecule has 0 unspecified atom stereocenters. The van der Waals surface area contributed by atoms with E-state index in [2.05, 4.69) is 15.3 Å². The number of carbonyl (C=O) groups is 1. The van der Waals surface area contributed by atoms with Gasteiger partial charge in [0.2, 0.25) is 5.71 Å². The molecule has 11 nitrogen and oxygen atoms in total. The van der Waals surface area contributed by atoms with Crippen molar-refractivity contribution in [2.24, 2.45) is 5.10 Å². The largest absolute Gasteiger partial charge is 0.461 e. The Kier molecular flexibility index (Phi) is 5.47. The van der Waals surface area contributed by atoms with Crippen LogP contribution < -0.4 is 5.43 Å². The molecule has 22 heavy (non-hydrogen) atoms. The third kappa shape index (κ3) is 3.97. The Balaban J connectivity index is 3.12. The van der Waals surface area contributed by atoms with Crippen LogP contribution in [-0.4, -0.2) is 28.1 Å². The Morgan fingerprint density at radius 1 is 1.41 bits per heavy atom. The zero-order chi connectivity index (χ0) is 16.7. The predicted molar refractivity (Wildman–Crippen MR) is 73.1 cm³/mol. The van der Waals surface area contributed by atoms with Crippen LogP contribution in [0.15, 0.2) is 23.3 Å². The summed E-state index contributed by atoms with van der Waals surface area (Å²) in [6, 6.07) is 4.26. The summed E-state index contributed by atoms with van der Waals surface area (Å²) in [5.74, 6) is -0.998. The summed E-state index contributed by atoms with van der Waals surface area (Å²) < 4.78 is 4.56. The molecular weight excluding hydrogens is 298 g/mol. The summed E-state index contributed by atoms with van der Waals surface area (Å²) in [6.07, 6.45) is 0. The molecule has 0 radical (unpaired) electrons. The Morgan fingerprint density at radius 3 is 2.59 bits per heavy atom. The van der Waals surface area contributed by atoms with Crippen molar-refractivity contribution in [2.45, 2.75) is 6.92 Å². The van der Waals surface area contributed by atoms with E-state index in [-0.39, 0.29) is 12.3 Å². The summed E-state index contributed by atoms with van der Waals surface area (Å²) in [4.78, 5) is 31.1. The lowest BCUT2D eigenvalue weighted by Crippen LogP contribution is -2.17. The van der Waals surface area contributed by atoms with Gasteiger partial charge in [0.25, 0.3) is 5.69 Å². The Bertz CT molecular complexity index is 693. The highest BCUT2D eigenvalue weighted by Gasteiger charge is 2.20. The first kappa shape index (κ1) is 16.5. The minimum absolute atomic E-state index is 0.0250. The van der Waals surface area contributed by atoms with E-state index in [4.69, 9.17) is 5.26 Å². The number of non-ortho nitro benzene ring substituents is 1. The van der Waals surface area contributed by atoms with Gasteiger partial charge in [-0.3, -0.25) is 25.7 Å². The van der Waals surface area contributed by atoms with Crippen LogP contribution in [0.1, 0.15) is 6.92 Å². The number of anilines is 1. The van der Waals surface area contributed by atoms with Crippen molar-refractivity contribution in [1.29, 1.82) is 5.26 Å². The number of nitrogens with one attached hydrogen (secondary N) is 1. The number of hydrogen-bond donors (Lipinski definition) is 1. The third-order valence-electron chi connectivity index (χ3n) is 2.25. The van der Waals surface area contributed by atoms with E-state index in [1.807, 2.05) is 0 Å². The lowest BCUT2D eigenvalue weighted by atomic mass is 10.2. The van der Waals surface area contributed by atoms with Crippen LogP contribution >= 0.6 is 0 Å². The molecule has 0 fully saturated rings. The van der Waals surface area contributed by atoms with Gasteiger partial charge in [0.05, 0.1) is 22.5 Å². The zero-order valence-electron chi connectivity index (χ0n) is 11.2. The second kappa shape index (κ2) is 7.29. The smallest absolute Gasteiger partial charge is 0.369 e. The quantitative estimate of drug-likeness (QED) is 0.356. The first-order valence-corrected chi connectivity index (χ1v) is 5.74. The number of hydrazone groups is 1. The molecule has 114 valence electrons. The molecular formula is C11H9N5O6. The average Bonchev–Trinajstić information content (AvgIpc) is 2.47. The molecule has 1 rings (SSSR count). The number of nitrogens with zero attached hydrogens (tertiary/aromatic N) is 4. The van der Waals surface area contributed by atoms with Gasteiger partial charge in [0.1, 0.15) is 11.8 Å². The standard InChI is InChI=1S/C11H9N5O6/c1-2-22-11(17)9(6-12)14-13-8-4-3-7(15(18)19)5-10(8)16(20)21/h3-5,13H,2H2,1H3/b14-9+. The minimum atomic E-state index is -0.998. The van der Waals surface area contributed by atoms with Crippen LogP contribution in [0.25, 0.3) is 0 Å². The van der Waals surface area contributed by atoms with Gasteiger partial charge in [0, 0.05) is 6.07 Å². The normalized spacial score (nSPS) is 10.5. The fourth-order valence-electron chi connectivity index (χ4n) is 1.31. The van der Waals surface area contributed by atoms with Gasteiger partial charge in [-0.25, -0.2) is 4.79 Å². The fourth-order valence-corrected chi connectivity index (χ4v) is 1.31. The van der Waals surface area contributed by atoms with Crippen LogP contribution in [0.4, 0.5) is 17.1 Å². The molecule has 0 bridgehead atoms. The highest BCUT2D eigenvalue weighted by Crippen LogP contribution is 2.28. The molecule has 0 spiro atoms. The zero-order valence-corrected chi connectivity index (χ0v) is 11.2. The summed E-state index contributed by atoms with van der Waals surface area (Å²) in [6.45, 7) is 1.55. The molecule has 0 heterocycles. The summed E-state index contributed by atoms with van der Waals surface area (Å²) in [5.41, 5.74) is 0.187. The fraction of sp³-hybridized carbons (Fsp3) is 0.182. The van der Waals surface area contributed by atoms with Crippen molar-refractivity contribution < 1.29 is 19.4 Å². The third-order valence-corrected chi connectivity index (χ3v) is 2.25. The number of nitriles is 1. The Morgan fingerprint density at radius 2 is 2.09 bits per heavy atom. The maximum Gasteiger partial charge on any atom is 0.369 e. The van der Waals surface area contributed by atoms with Crippen LogP contribution in [0.3, 0.4) is 0 Å². The average molecular weight is 307 g/mol. The van der Waals surface area contributed by atoms with E-state index < -0.39 is 32.9 Å². The predicted octanol–water partition coefficient (Wildman–Crippen LogP) is 1.36. The SMILES string of the molecule is CCOC(=O)/C(C#N)=N/Nc1ccc([N+](=O)[O-])cc1[N+](=O)[O-]. The van der Waals surface area contributed by atoms with E-state index in [1.54, 1.807) is 0 Å². The number of rotatable bonds is 6. The van der Waals surface area contributed by atoms with Gasteiger partial charge >= 0.3 is 11.7 Å². The lowest BCUT2D eigenvalue weighted by molar-refractivity contribution is -0.393. The minimum Gasteiger partial charge on any atom is -0.461 e. The summed E-state index contributed by atoms with van der Waals surface area (Å²) in [7, 11) is 0. The van der Waals surface area contributed by atoms with Crippen LogP contribution in [0.2, 0.25) is 0 Å². The van der Waals surface area contributed by atoms with Crippen LogP contribution in [0, 0.1) is 31.6 Å². The molecule has 0 aliphatic heterocycles. The van der Waals surface area contributed by atoms with Gasteiger partial charge in [-0.15, -0.1) is 0 Å². The van der Waals surface area contributed by atoms with Crippen molar-refractivity contribution >= 4 is 28.7 Å². The molecule has 0 aliphatic rings. The van der Waals surface area contributed by atoms with E-state index in [1.165, 1.54) is 13.0 Å². The van der Waals surface area contributed by atoms with Gasteiger partial charge < -0.3 is 4.74 Å². The van der Waals surface area contributed by atoms with E-state index in [9.17, 15) is 25.0 Å². The number of ether oxygens (including phenoxy) is 1. The number of nitro groups is 2. The maximum atomic E-state index is 11.3. The van der Waals surface area contributed by atoms with Crippen molar-refractivity contribution in [3.63, 3.8) is 0 Å². The molecule has 0 aliphatic carbocycles. The summed E-state index contributed by atoms with van der Waals surface area (Å²) in [5, 5.41) is 33.6. The molecule has 11 heteroatoms. The molecule has 0 aromatic heterocycles. The Labute approximate surface area is 123 Å². The second-order valence-electron chi connectivity index (χ2n) is 3.62. The van der Waals surface area contributed by atoms with Crippen molar-refractivity contribution in [3.05, 3.63) is 38.4 Å². The highest BCUT2D eigenvalue weighted by molar-refractivity contribution is 6.43. The van der Waals surface area contributed by atoms with Gasteiger partial charge in [0.15, 0.2) is 0 Å². The molecule has 0 atom stereocenters. The Hall–Kier alpha value is -3.55. The molecule has 0 saturated carbocycles. The molecule has 1 N–H and O–H groups in total. The number of carbonyl (C=O) groups excluding carboxylic acids is 1.